The van der Waals surface area contributed by atoms with E-state index in [1.807, 2.05) is 17.5 Å². The fourth-order valence-electron chi connectivity index (χ4n) is 1.36. The summed E-state index contributed by atoms with van der Waals surface area (Å²) in [5, 5.41) is 1.97. The molecule has 14 heavy (non-hydrogen) atoms. The number of methoxy groups -OCH3 is 1. The molecule has 3 nitrogen and oxygen atoms in total. The largest absolute Gasteiger partial charge is 0.501 e. The van der Waals surface area contributed by atoms with Crippen molar-refractivity contribution in [3.63, 3.8) is 0 Å². The van der Waals surface area contributed by atoms with Crippen LogP contribution in [-0.2, 0) is 14.3 Å². The van der Waals surface area contributed by atoms with Crippen LogP contribution >= 0.6 is 11.3 Å². The maximum atomic E-state index is 11.2. The average molecular weight is 210 g/mol. The van der Waals surface area contributed by atoms with E-state index in [1.165, 1.54) is 6.08 Å². The Labute approximate surface area is 86.0 Å². The monoisotopic (exact) mass is 210 g/mol. The molecule has 74 valence electrons. The zero-order valence-electron chi connectivity index (χ0n) is 7.73. The van der Waals surface area contributed by atoms with Crippen LogP contribution in [0, 0.1) is 0 Å². The van der Waals surface area contributed by atoms with E-state index < -0.39 is 0 Å². The van der Waals surface area contributed by atoms with E-state index in [-0.39, 0.29) is 12.1 Å². The topological polar surface area (TPSA) is 35.5 Å². The van der Waals surface area contributed by atoms with Crippen LogP contribution in [0.1, 0.15) is 17.4 Å². The van der Waals surface area contributed by atoms with Crippen molar-refractivity contribution in [2.24, 2.45) is 0 Å². The second-order valence-corrected chi connectivity index (χ2v) is 3.94. The number of hydrogen-bond donors (Lipinski definition) is 0. The number of carbonyl (C=O) groups is 1. The number of rotatable bonds is 2. The minimum atomic E-state index is -0.327. The molecule has 2 rings (SSSR count). The third kappa shape index (κ3) is 1.80. The number of ether oxygens (including phenoxy) is 2. The van der Waals surface area contributed by atoms with Gasteiger partial charge in [0, 0.05) is 11.3 Å². The van der Waals surface area contributed by atoms with Crippen LogP contribution < -0.4 is 0 Å². The van der Waals surface area contributed by atoms with Gasteiger partial charge in [-0.3, -0.25) is 0 Å². The Morgan fingerprint density at radius 1 is 1.64 bits per heavy atom. The quantitative estimate of drug-likeness (QED) is 0.702. The average Bonchev–Trinajstić information content (AvgIpc) is 2.69. The standard InChI is InChI=1S/C10H10O3S/c1-12-7-5-8(13-10(11)6-7)9-3-2-4-14-9/h2-4,6,8H,5H2,1H3. The molecule has 1 aromatic rings. The first-order valence-electron chi connectivity index (χ1n) is 4.28. The lowest BCUT2D eigenvalue weighted by atomic mass is 10.1. The molecule has 0 radical (unpaired) electrons. The number of carbonyl (C=O) groups excluding carboxylic acids is 1. The van der Waals surface area contributed by atoms with E-state index >= 15 is 0 Å². The summed E-state index contributed by atoms with van der Waals surface area (Å²) in [7, 11) is 1.57. The van der Waals surface area contributed by atoms with Crippen LogP contribution in [-0.4, -0.2) is 13.1 Å². The molecule has 0 saturated carbocycles. The highest BCUT2D eigenvalue weighted by Crippen LogP contribution is 2.31. The van der Waals surface area contributed by atoms with Crippen LogP contribution in [0.15, 0.2) is 29.3 Å². The van der Waals surface area contributed by atoms with Gasteiger partial charge in [-0.1, -0.05) is 6.07 Å². The molecular formula is C10H10O3S. The molecule has 1 aromatic heterocycles. The van der Waals surface area contributed by atoms with Crippen LogP contribution in [0.2, 0.25) is 0 Å². The maximum absolute atomic E-state index is 11.2. The zero-order chi connectivity index (χ0) is 9.97. The van der Waals surface area contributed by atoms with Crippen molar-refractivity contribution >= 4 is 17.3 Å². The van der Waals surface area contributed by atoms with E-state index in [1.54, 1.807) is 18.4 Å². The zero-order valence-corrected chi connectivity index (χ0v) is 8.54. The van der Waals surface area contributed by atoms with Crippen LogP contribution in [0.4, 0.5) is 0 Å². The lowest BCUT2D eigenvalue weighted by Crippen LogP contribution is -2.15. The van der Waals surface area contributed by atoms with Crippen molar-refractivity contribution in [1.29, 1.82) is 0 Å². The Morgan fingerprint density at radius 3 is 3.14 bits per heavy atom. The molecule has 0 amide bonds. The molecule has 0 aromatic carbocycles. The van der Waals surface area contributed by atoms with Crippen molar-refractivity contribution in [3.05, 3.63) is 34.2 Å². The van der Waals surface area contributed by atoms with Gasteiger partial charge in [0.05, 0.1) is 13.2 Å². The molecule has 0 bridgehead atoms. The summed E-state index contributed by atoms with van der Waals surface area (Å²) >= 11 is 1.58. The Kier molecular flexibility index (Phi) is 2.54. The summed E-state index contributed by atoms with van der Waals surface area (Å²) in [4.78, 5) is 12.2. The highest BCUT2D eigenvalue weighted by molar-refractivity contribution is 7.10. The fraction of sp³-hybridized carbons (Fsp3) is 0.300. The molecule has 0 fully saturated rings. The van der Waals surface area contributed by atoms with Gasteiger partial charge in [0.2, 0.25) is 0 Å². The predicted molar refractivity (Wildman–Crippen MR) is 52.9 cm³/mol. The summed E-state index contributed by atoms with van der Waals surface area (Å²) in [6.45, 7) is 0. The molecule has 0 saturated heterocycles. The van der Waals surface area contributed by atoms with Crippen molar-refractivity contribution in [2.75, 3.05) is 7.11 Å². The summed E-state index contributed by atoms with van der Waals surface area (Å²) < 4.78 is 10.2. The summed E-state index contributed by atoms with van der Waals surface area (Å²) in [6.07, 6.45) is 1.84. The molecule has 1 aliphatic rings. The van der Waals surface area contributed by atoms with Gasteiger partial charge in [0.1, 0.15) is 11.9 Å². The highest BCUT2D eigenvalue weighted by Gasteiger charge is 2.24. The van der Waals surface area contributed by atoms with Gasteiger partial charge in [-0.05, 0) is 11.4 Å². The van der Waals surface area contributed by atoms with Gasteiger partial charge in [-0.25, -0.2) is 4.79 Å². The van der Waals surface area contributed by atoms with E-state index in [0.29, 0.717) is 12.2 Å². The van der Waals surface area contributed by atoms with Crippen LogP contribution in [0.3, 0.4) is 0 Å². The lowest BCUT2D eigenvalue weighted by Gasteiger charge is -2.21. The Balaban J connectivity index is 2.18. The predicted octanol–water partition coefficient (Wildman–Crippen LogP) is 2.27. The van der Waals surface area contributed by atoms with Crippen LogP contribution in [0.25, 0.3) is 0 Å². The van der Waals surface area contributed by atoms with Crippen molar-refractivity contribution < 1.29 is 14.3 Å². The van der Waals surface area contributed by atoms with Gasteiger partial charge in [0.25, 0.3) is 0 Å². The van der Waals surface area contributed by atoms with Gasteiger partial charge in [-0.15, -0.1) is 11.3 Å². The first kappa shape index (κ1) is 9.27. The molecule has 4 heteroatoms. The Morgan fingerprint density at radius 2 is 2.50 bits per heavy atom. The van der Waals surface area contributed by atoms with Gasteiger partial charge in [-0.2, -0.15) is 0 Å². The first-order valence-corrected chi connectivity index (χ1v) is 5.16. The summed E-state index contributed by atoms with van der Waals surface area (Å²) in [6, 6.07) is 3.90. The molecule has 0 aliphatic carbocycles. The number of thiophene rings is 1. The van der Waals surface area contributed by atoms with E-state index in [4.69, 9.17) is 9.47 Å². The lowest BCUT2D eigenvalue weighted by molar-refractivity contribution is -0.145. The van der Waals surface area contributed by atoms with Crippen molar-refractivity contribution in [3.8, 4) is 0 Å². The second kappa shape index (κ2) is 3.84. The molecule has 2 heterocycles. The molecule has 0 spiro atoms. The number of hydrogen-bond acceptors (Lipinski definition) is 4. The second-order valence-electron chi connectivity index (χ2n) is 2.96. The Hall–Kier alpha value is -1.29. The van der Waals surface area contributed by atoms with Gasteiger partial charge in [0.15, 0.2) is 0 Å². The summed E-state index contributed by atoms with van der Waals surface area (Å²) in [5.74, 6) is 0.353. The molecule has 1 atom stereocenters. The third-order valence-electron chi connectivity index (χ3n) is 2.05. The van der Waals surface area contributed by atoms with E-state index in [9.17, 15) is 4.79 Å². The smallest absolute Gasteiger partial charge is 0.334 e. The van der Waals surface area contributed by atoms with E-state index in [2.05, 4.69) is 0 Å². The van der Waals surface area contributed by atoms with E-state index in [0.717, 1.165) is 4.88 Å². The highest BCUT2D eigenvalue weighted by atomic mass is 32.1. The minimum Gasteiger partial charge on any atom is -0.501 e. The van der Waals surface area contributed by atoms with Gasteiger partial charge >= 0.3 is 5.97 Å². The number of esters is 1. The SMILES string of the molecule is COC1=CC(=O)OC(c2cccs2)C1. The van der Waals surface area contributed by atoms with Gasteiger partial charge < -0.3 is 9.47 Å². The maximum Gasteiger partial charge on any atom is 0.334 e. The third-order valence-corrected chi connectivity index (χ3v) is 3.01. The Bertz CT molecular complexity index is 353. The molecule has 0 N–H and O–H groups in total. The fourth-order valence-corrected chi connectivity index (χ4v) is 2.12. The first-order chi connectivity index (χ1) is 6.79. The van der Waals surface area contributed by atoms with Crippen molar-refractivity contribution in [2.45, 2.75) is 12.5 Å². The molecule has 1 aliphatic heterocycles. The van der Waals surface area contributed by atoms with Crippen molar-refractivity contribution in [1.82, 2.24) is 0 Å². The molecular weight excluding hydrogens is 200 g/mol. The van der Waals surface area contributed by atoms with Crippen LogP contribution in [0.5, 0.6) is 0 Å². The minimum absolute atomic E-state index is 0.178. The summed E-state index contributed by atoms with van der Waals surface area (Å²) in [5.41, 5.74) is 0. The normalized spacial score (nSPS) is 21.4. The molecule has 1 unspecified atom stereocenters. The number of cyclic esters (lactones) is 1.